The van der Waals surface area contributed by atoms with Crippen LogP contribution in [0.1, 0.15) is 17.4 Å². The minimum Gasteiger partial charge on any atom is -0.508 e. The van der Waals surface area contributed by atoms with Crippen LogP contribution in [0.4, 0.5) is 0 Å². The predicted octanol–water partition coefficient (Wildman–Crippen LogP) is 1.70. The first-order chi connectivity index (χ1) is 13.9. The second-order valence-corrected chi connectivity index (χ2v) is 7.85. The summed E-state index contributed by atoms with van der Waals surface area (Å²) in [5.74, 6) is 0.213. The molecule has 2 aromatic carbocycles. The fourth-order valence-electron chi connectivity index (χ4n) is 4.47. The van der Waals surface area contributed by atoms with E-state index in [1.165, 1.54) is 0 Å². The molecule has 5 rings (SSSR count). The number of H-pyrrole nitrogens is 1. The van der Waals surface area contributed by atoms with Crippen LogP contribution in [0.5, 0.6) is 5.75 Å². The number of nitrogens with one attached hydrogen (secondary N) is 1. The van der Waals surface area contributed by atoms with Crippen LogP contribution < -0.4 is 4.57 Å². The second kappa shape index (κ2) is 6.40. The predicted molar refractivity (Wildman–Crippen MR) is 108 cm³/mol. The van der Waals surface area contributed by atoms with Gasteiger partial charge < -0.3 is 30.1 Å². The fraction of sp³-hybridized carbons (Fsp3) is 0.318. The number of hydrogen-bond donors (Lipinski definition) is 5. The molecule has 3 heterocycles. The molecule has 5 N–H and O–H groups in total. The second-order valence-electron chi connectivity index (χ2n) is 7.85. The molecule has 0 radical (unpaired) electrons. The zero-order valence-electron chi connectivity index (χ0n) is 16.1. The van der Waals surface area contributed by atoms with E-state index in [-0.39, 0.29) is 12.4 Å². The van der Waals surface area contributed by atoms with E-state index in [9.17, 15) is 20.4 Å². The summed E-state index contributed by atoms with van der Waals surface area (Å²) in [5, 5.41) is 44.1. The first-order valence-corrected chi connectivity index (χ1v) is 9.60. The van der Waals surface area contributed by atoms with Crippen LogP contribution >= 0.6 is 0 Å². The van der Waals surface area contributed by atoms with Crippen molar-refractivity contribution in [1.29, 1.82) is 0 Å². The van der Waals surface area contributed by atoms with Gasteiger partial charge in [-0.1, -0.05) is 0 Å². The van der Waals surface area contributed by atoms with Crippen molar-refractivity contribution >= 4 is 32.6 Å². The molecule has 2 aromatic heterocycles. The Hall–Kier alpha value is -2.71. The minimum absolute atomic E-state index is 0.0489. The lowest BCUT2D eigenvalue weighted by atomic mass is 9.96. The van der Waals surface area contributed by atoms with Crippen molar-refractivity contribution in [2.24, 2.45) is 0 Å². The Morgan fingerprint density at radius 1 is 1.00 bits per heavy atom. The van der Waals surface area contributed by atoms with Gasteiger partial charge >= 0.3 is 0 Å². The Balaban J connectivity index is 1.75. The van der Waals surface area contributed by atoms with Gasteiger partial charge in [0.1, 0.15) is 18.0 Å². The molecule has 1 saturated heterocycles. The quantitative estimate of drug-likeness (QED) is 0.315. The van der Waals surface area contributed by atoms with Crippen LogP contribution in [0.3, 0.4) is 0 Å². The Morgan fingerprint density at radius 2 is 1.79 bits per heavy atom. The number of aromatic nitrogens is 2. The molecule has 4 atom stereocenters. The lowest BCUT2D eigenvalue weighted by Crippen LogP contribution is -2.58. The van der Waals surface area contributed by atoms with Gasteiger partial charge in [-0.05, 0) is 48.6 Å². The standard InChI is InChI=1S/C22H22N2O5/c1-10-15-8-24(22-21(28)20(27)17(26)9-29-22)6-5-13(15)11(2)19-18(10)14-7-12(25)3-4-16(14)23-19/h3-8,17,20-22,25-28H,9H2,1-2H3/p+1/t17-,20-,21+,22?/m1/s1. The lowest BCUT2D eigenvalue weighted by Gasteiger charge is -2.31. The van der Waals surface area contributed by atoms with Gasteiger partial charge in [-0.15, -0.1) is 0 Å². The molecule has 1 unspecified atom stereocenters. The molecule has 1 aliphatic heterocycles. The molecule has 29 heavy (non-hydrogen) atoms. The summed E-state index contributed by atoms with van der Waals surface area (Å²) >= 11 is 0. The monoisotopic (exact) mass is 395 g/mol. The average Bonchev–Trinajstić information content (AvgIpc) is 3.09. The van der Waals surface area contributed by atoms with Crippen LogP contribution in [0.2, 0.25) is 0 Å². The van der Waals surface area contributed by atoms with Crippen LogP contribution in [0.15, 0.2) is 36.7 Å². The highest BCUT2D eigenvalue weighted by Gasteiger charge is 2.43. The number of aromatic amines is 1. The molecule has 4 aromatic rings. The maximum Gasteiger partial charge on any atom is 0.291 e. The van der Waals surface area contributed by atoms with E-state index in [0.29, 0.717) is 0 Å². The molecular weight excluding hydrogens is 372 g/mol. The SMILES string of the molecule is Cc1c2cc[n+](C3OC[C@@H](O)[C@@H](O)[C@@H]3O)cc2c(C)c2c1[nH]c1ccc(O)cc12. The van der Waals surface area contributed by atoms with Crippen LogP contribution in [0, 0.1) is 13.8 Å². The number of pyridine rings is 1. The van der Waals surface area contributed by atoms with Gasteiger partial charge in [0.25, 0.3) is 6.23 Å². The third kappa shape index (κ3) is 2.63. The number of aliphatic hydroxyl groups is 3. The Labute approximate surface area is 166 Å². The van der Waals surface area contributed by atoms with Gasteiger partial charge in [0, 0.05) is 27.7 Å². The Morgan fingerprint density at radius 3 is 2.59 bits per heavy atom. The van der Waals surface area contributed by atoms with Gasteiger partial charge in [0.05, 0.1) is 12.1 Å². The first-order valence-electron chi connectivity index (χ1n) is 9.60. The van der Waals surface area contributed by atoms with Crippen molar-refractivity contribution in [2.75, 3.05) is 6.61 Å². The molecule has 7 nitrogen and oxygen atoms in total. The fourth-order valence-corrected chi connectivity index (χ4v) is 4.47. The molecule has 0 saturated carbocycles. The van der Waals surface area contributed by atoms with Crippen LogP contribution in [-0.4, -0.2) is 50.3 Å². The normalized spacial score (nSPS) is 25.3. The largest absolute Gasteiger partial charge is 0.508 e. The highest BCUT2D eigenvalue weighted by molar-refractivity contribution is 6.16. The van der Waals surface area contributed by atoms with Crippen molar-refractivity contribution in [3.63, 3.8) is 0 Å². The number of phenolic OH excluding ortho intramolecular Hbond substituents is 1. The maximum atomic E-state index is 10.4. The molecule has 0 amide bonds. The number of aromatic hydroxyl groups is 1. The molecule has 1 aliphatic rings. The molecule has 0 spiro atoms. The summed E-state index contributed by atoms with van der Waals surface area (Å²) in [4.78, 5) is 3.46. The smallest absolute Gasteiger partial charge is 0.291 e. The number of nitrogens with zero attached hydrogens (tertiary/aromatic N) is 1. The Kier molecular flexibility index (Phi) is 4.04. The lowest BCUT2D eigenvalue weighted by molar-refractivity contribution is -0.774. The van der Waals surface area contributed by atoms with Crippen molar-refractivity contribution < 1.29 is 29.7 Å². The van der Waals surface area contributed by atoms with Gasteiger partial charge in [0.15, 0.2) is 18.5 Å². The number of fused-ring (bicyclic) bond motifs is 4. The van der Waals surface area contributed by atoms with Crippen molar-refractivity contribution in [3.8, 4) is 5.75 Å². The molecule has 0 bridgehead atoms. The summed E-state index contributed by atoms with van der Waals surface area (Å²) in [6.07, 6.45) is -0.690. The highest BCUT2D eigenvalue weighted by Crippen LogP contribution is 2.37. The number of ether oxygens (including phenoxy) is 1. The molecular formula is C22H23N2O5+. The minimum atomic E-state index is -1.26. The third-order valence-electron chi connectivity index (χ3n) is 6.09. The highest BCUT2D eigenvalue weighted by atomic mass is 16.5. The average molecular weight is 395 g/mol. The third-order valence-corrected chi connectivity index (χ3v) is 6.09. The summed E-state index contributed by atoms with van der Waals surface area (Å²) < 4.78 is 7.33. The number of aryl methyl sites for hydroxylation is 2. The van der Waals surface area contributed by atoms with E-state index in [0.717, 1.165) is 43.7 Å². The number of rotatable bonds is 1. The van der Waals surface area contributed by atoms with Crippen molar-refractivity contribution in [2.45, 2.75) is 38.4 Å². The van der Waals surface area contributed by atoms with E-state index in [1.54, 1.807) is 16.7 Å². The van der Waals surface area contributed by atoms with Gasteiger partial charge in [-0.3, -0.25) is 0 Å². The van der Waals surface area contributed by atoms with Gasteiger partial charge in [-0.25, -0.2) is 0 Å². The zero-order chi connectivity index (χ0) is 20.4. The molecule has 1 fully saturated rings. The summed E-state index contributed by atoms with van der Waals surface area (Å²) in [5.41, 5.74) is 4.11. The number of hydrogen-bond acceptors (Lipinski definition) is 5. The molecule has 0 aliphatic carbocycles. The van der Waals surface area contributed by atoms with E-state index in [4.69, 9.17) is 4.74 Å². The van der Waals surface area contributed by atoms with Crippen molar-refractivity contribution in [3.05, 3.63) is 47.8 Å². The zero-order valence-corrected chi connectivity index (χ0v) is 16.1. The van der Waals surface area contributed by atoms with E-state index in [1.807, 2.05) is 31.5 Å². The maximum absolute atomic E-state index is 10.4. The van der Waals surface area contributed by atoms with E-state index in [2.05, 4.69) is 11.9 Å². The van der Waals surface area contributed by atoms with E-state index < -0.39 is 24.5 Å². The number of benzene rings is 2. The molecule has 150 valence electrons. The summed E-state index contributed by atoms with van der Waals surface area (Å²) in [6, 6.07) is 7.26. The van der Waals surface area contributed by atoms with Gasteiger partial charge in [-0.2, -0.15) is 4.57 Å². The van der Waals surface area contributed by atoms with Crippen molar-refractivity contribution in [1.82, 2.24) is 4.98 Å². The topological polar surface area (TPSA) is 110 Å². The van der Waals surface area contributed by atoms with Crippen LogP contribution in [-0.2, 0) is 4.74 Å². The van der Waals surface area contributed by atoms with Crippen LogP contribution in [0.25, 0.3) is 32.6 Å². The Bertz CT molecular complexity index is 1260. The first kappa shape index (κ1) is 18.3. The number of aliphatic hydroxyl groups excluding tert-OH is 3. The summed E-state index contributed by atoms with van der Waals surface area (Å²) in [6.45, 7) is 4.03. The van der Waals surface area contributed by atoms with Gasteiger partial charge in [0.2, 0.25) is 0 Å². The summed E-state index contributed by atoms with van der Waals surface area (Å²) in [7, 11) is 0. The van der Waals surface area contributed by atoms with E-state index >= 15 is 0 Å². The number of phenols is 1. The molecule has 7 heteroatoms.